The largest absolute Gasteiger partial charge is 0.481 e. The fourth-order valence-corrected chi connectivity index (χ4v) is 2.46. The SMILES string of the molecule is O=C(O)CCCn1nnnc1-c1ccc(Cl)cc1Br. The smallest absolute Gasteiger partial charge is 0.303 e. The predicted molar refractivity (Wildman–Crippen MR) is 72.8 cm³/mol. The summed E-state index contributed by atoms with van der Waals surface area (Å²) in [6.07, 6.45) is 0.555. The number of nitrogens with zero attached hydrogens (tertiary/aromatic N) is 4. The Kier molecular flexibility index (Phi) is 4.49. The van der Waals surface area contributed by atoms with Crippen LogP contribution in [0, 0.1) is 0 Å². The summed E-state index contributed by atoms with van der Waals surface area (Å²) in [5, 5.41) is 20.7. The number of hydrogen-bond donors (Lipinski definition) is 1. The summed E-state index contributed by atoms with van der Waals surface area (Å²) >= 11 is 9.29. The van der Waals surface area contributed by atoms with Gasteiger partial charge in [0.25, 0.3) is 0 Å². The predicted octanol–water partition coefficient (Wildman–Crippen LogP) is 2.62. The number of carboxylic acid groups (broad SMARTS) is 1. The third-order valence-corrected chi connectivity index (χ3v) is 3.36. The minimum absolute atomic E-state index is 0.0844. The Morgan fingerprint density at radius 2 is 2.26 bits per heavy atom. The summed E-state index contributed by atoms with van der Waals surface area (Å²) in [5.74, 6) is -0.253. The highest BCUT2D eigenvalue weighted by Gasteiger charge is 2.12. The van der Waals surface area contributed by atoms with Crippen LogP contribution in [-0.2, 0) is 11.3 Å². The molecule has 0 unspecified atom stereocenters. The number of hydrogen-bond acceptors (Lipinski definition) is 4. The number of halogens is 2. The number of carbonyl (C=O) groups is 1. The van der Waals surface area contributed by atoms with Crippen LogP contribution in [0.15, 0.2) is 22.7 Å². The summed E-state index contributed by atoms with van der Waals surface area (Å²) in [4.78, 5) is 10.5. The van der Waals surface area contributed by atoms with Crippen LogP contribution in [0.2, 0.25) is 5.02 Å². The number of aryl methyl sites for hydroxylation is 1. The van der Waals surface area contributed by atoms with Gasteiger partial charge in [0.1, 0.15) is 0 Å². The van der Waals surface area contributed by atoms with Crippen molar-refractivity contribution in [2.24, 2.45) is 0 Å². The van der Waals surface area contributed by atoms with Gasteiger partial charge < -0.3 is 5.11 Å². The number of aromatic nitrogens is 4. The molecule has 6 nitrogen and oxygen atoms in total. The van der Waals surface area contributed by atoms with Gasteiger partial charge in [0.05, 0.1) is 0 Å². The molecule has 0 radical (unpaired) electrons. The monoisotopic (exact) mass is 344 g/mol. The van der Waals surface area contributed by atoms with Gasteiger partial charge in [-0.3, -0.25) is 4.79 Å². The van der Waals surface area contributed by atoms with Crippen LogP contribution in [0.3, 0.4) is 0 Å². The number of carboxylic acids is 1. The number of tetrazole rings is 1. The van der Waals surface area contributed by atoms with Crippen LogP contribution in [0.1, 0.15) is 12.8 Å². The Bertz CT molecular complexity index is 602. The van der Waals surface area contributed by atoms with Gasteiger partial charge in [-0.1, -0.05) is 11.6 Å². The molecule has 0 saturated heterocycles. The fraction of sp³-hybridized carbons (Fsp3) is 0.273. The average molecular weight is 346 g/mol. The maximum Gasteiger partial charge on any atom is 0.303 e. The first kappa shape index (κ1) is 14.0. The Labute approximate surface area is 122 Å². The van der Waals surface area contributed by atoms with E-state index in [0.717, 1.165) is 10.0 Å². The molecule has 1 aromatic carbocycles. The molecule has 0 saturated carbocycles. The quantitative estimate of drug-likeness (QED) is 0.901. The average Bonchev–Trinajstić information content (AvgIpc) is 2.77. The maximum absolute atomic E-state index is 10.5. The Balaban J connectivity index is 2.21. The van der Waals surface area contributed by atoms with E-state index in [9.17, 15) is 4.79 Å². The molecule has 0 spiro atoms. The highest BCUT2D eigenvalue weighted by atomic mass is 79.9. The summed E-state index contributed by atoms with van der Waals surface area (Å²) in [5.41, 5.74) is 0.810. The lowest BCUT2D eigenvalue weighted by Gasteiger charge is -2.05. The van der Waals surface area contributed by atoms with Gasteiger partial charge in [0.15, 0.2) is 5.82 Å². The van der Waals surface area contributed by atoms with E-state index in [4.69, 9.17) is 16.7 Å². The second-order valence-corrected chi connectivity index (χ2v) is 5.14. The van der Waals surface area contributed by atoms with Crippen LogP contribution in [0.4, 0.5) is 0 Å². The third-order valence-electron chi connectivity index (χ3n) is 2.46. The maximum atomic E-state index is 10.5. The van der Waals surface area contributed by atoms with Crippen molar-refractivity contribution in [3.05, 3.63) is 27.7 Å². The summed E-state index contributed by atoms with van der Waals surface area (Å²) in [6.45, 7) is 0.448. The molecular formula is C11H10BrClN4O2. The zero-order valence-corrected chi connectivity index (χ0v) is 12.1. The van der Waals surface area contributed by atoms with Crippen molar-refractivity contribution in [3.8, 4) is 11.4 Å². The molecule has 0 bridgehead atoms. The van der Waals surface area contributed by atoms with Crippen molar-refractivity contribution in [2.45, 2.75) is 19.4 Å². The third kappa shape index (κ3) is 3.51. The lowest BCUT2D eigenvalue weighted by molar-refractivity contribution is -0.137. The van der Waals surface area contributed by atoms with E-state index in [1.807, 2.05) is 6.07 Å². The highest BCUT2D eigenvalue weighted by molar-refractivity contribution is 9.10. The first-order valence-electron chi connectivity index (χ1n) is 5.51. The van der Waals surface area contributed by atoms with Gasteiger partial charge in [-0.05, 0) is 51.0 Å². The molecule has 19 heavy (non-hydrogen) atoms. The van der Waals surface area contributed by atoms with E-state index < -0.39 is 5.97 Å². The van der Waals surface area contributed by atoms with Crippen molar-refractivity contribution in [2.75, 3.05) is 0 Å². The molecule has 0 atom stereocenters. The van der Waals surface area contributed by atoms with Crippen LogP contribution >= 0.6 is 27.5 Å². The number of benzene rings is 1. The standard InChI is InChI=1S/C11H10BrClN4O2/c12-9-6-7(13)3-4-8(9)11-14-15-16-17(11)5-1-2-10(18)19/h3-4,6H,1-2,5H2,(H,18,19). The van der Waals surface area contributed by atoms with Crippen molar-refractivity contribution in [3.63, 3.8) is 0 Å². The second-order valence-electron chi connectivity index (χ2n) is 3.85. The number of aliphatic carboxylic acids is 1. The molecule has 2 rings (SSSR count). The normalized spacial score (nSPS) is 10.6. The molecule has 100 valence electrons. The first-order valence-corrected chi connectivity index (χ1v) is 6.68. The van der Waals surface area contributed by atoms with Crippen molar-refractivity contribution in [1.29, 1.82) is 0 Å². The lowest BCUT2D eigenvalue weighted by Crippen LogP contribution is -2.05. The van der Waals surface area contributed by atoms with E-state index in [-0.39, 0.29) is 6.42 Å². The fourth-order valence-electron chi connectivity index (χ4n) is 1.60. The zero-order chi connectivity index (χ0) is 13.8. The molecule has 0 amide bonds. The van der Waals surface area contributed by atoms with E-state index in [0.29, 0.717) is 23.8 Å². The van der Waals surface area contributed by atoms with E-state index in [1.165, 1.54) is 0 Å². The van der Waals surface area contributed by atoms with Crippen LogP contribution < -0.4 is 0 Å². The molecular weight excluding hydrogens is 336 g/mol. The molecule has 1 N–H and O–H groups in total. The van der Waals surface area contributed by atoms with Crippen molar-refractivity contribution >= 4 is 33.5 Å². The van der Waals surface area contributed by atoms with E-state index >= 15 is 0 Å². The van der Waals surface area contributed by atoms with Crippen LogP contribution in [0.25, 0.3) is 11.4 Å². The number of rotatable bonds is 5. The molecule has 2 aromatic rings. The minimum Gasteiger partial charge on any atom is -0.481 e. The minimum atomic E-state index is -0.831. The van der Waals surface area contributed by atoms with Gasteiger partial charge >= 0.3 is 5.97 Å². The molecule has 8 heteroatoms. The summed E-state index contributed by atoms with van der Waals surface area (Å²) in [7, 11) is 0. The van der Waals surface area contributed by atoms with Crippen LogP contribution in [0.5, 0.6) is 0 Å². The van der Waals surface area contributed by atoms with Gasteiger partial charge in [-0.15, -0.1) is 5.10 Å². The topological polar surface area (TPSA) is 80.9 Å². The Morgan fingerprint density at radius 1 is 1.47 bits per heavy atom. The highest BCUT2D eigenvalue weighted by Crippen LogP contribution is 2.28. The van der Waals surface area contributed by atoms with Gasteiger partial charge in [-0.25, -0.2) is 4.68 Å². The van der Waals surface area contributed by atoms with Crippen molar-refractivity contribution < 1.29 is 9.90 Å². The molecule has 1 heterocycles. The molecule has 1 aromatic heterocycles. The summed E-state index contributed by atoms with van der Waals surface area (Å²) < 4.78 is 2.37. The Hall–Kier alpha value is -1.47. The molecule has 0 aliphatic carbocycles. The second kappa shape index (κ2) is 6.12. The van der Waals surface area contributed by atoms with Crippen molar-refractivity contribution in [1.82, 2.24) is 20.2 Å². The molecule has 0 aliphatic rings. The van der Waals surface area contributed by atoms with Gasteiger partial charge in [0, 0.05) is 28.0 Å². The lowest BCUT2D eigenvalue weighted by atomic mass is 10.2. The molecule has 0 aliphatic heterocycles. The summed E-state index contributed by atoms with van der Waals surface area (Å²) in [6, 6.07) is 5.32. The van der Waals surface area contributed by atoms with Gasteiger partial charge in [-0.2, -0.15) is 0 Å². The van der Waals surface area contributed by atoms with Gasteiger partial charge in [0.2, 0.25) is 0 Å². The zero-order valence-electron chi connectivity index (χ0n) is 9.75. The van der Waals surface area contributed by atoms with E-state index in [2.05, 4.69) is 31.5 Å². The first-order chi connectivity index (χ1) is 9.08. The van der Waals surface area contributed by atoms with Crippen LogP contribution in [-0.4, -0.2) is 31.3 Å². The molecule has 0 fully saturated rings. The Morgan fingerprint density at radius 3 is 2.95 bits per heavy atom. The van der Waals surface area contributed by atoms with E-state index in [1.54, 1.807) is 16.8 Å².